The lowest BCUT2D eigenvalue weighted by Crippen LogP contribution is -2.09. The average Bonchev–Trinajstić information content (AvgIpc) is 2.85. The molecule has 6 heteroatoms. The number of nitrogens with one attached hydrogen (secondary N) is 2. The Morgan fingerprint density at radius 3 is 2.55 bits per heavy atom. The predicted octanol–water partition coefficient (Wildman–Crippen LogP) is 2.65. The fourth-order valence-corrected chi connectivity index (χ4v) is 1.88. The van der Waals surface area contributed by atoms with E-state index in [-0.39, 0.29) is 0 Å². The first-order valence-electron chi connectivity index (χ1n) is 7.01. The lowest BCUT2D eigenvalue weighted by atomic mass is 10.2. The summed E-state index contributed by atoms with van der Waals surface area (Å²) in [5.74, 6) is 2.58. The van der Waals surface area contributed by atoms with E-state index < -0.39 is 0 Å². The zero-order valence-corrected chi connectivity index (χ0v) is 12.6. The summed E-state index contributed by atoms with van der Waals surface area (Å²) in [6.45, 7) is 7.13. The maximum absolute atomic E-state index is 4.56. The van der Waals surface area contributed by atoms with Crippen LogP contribution >= 0.6 is 0 Å². The van der Waals surface area contributed by atoms with Gasteiger partial charge in [-0.1, -0.05) is 13.8 Å². The number of anilines is 3. The van der Waals surface area contributed by atoms with Crippen LogP contribution in [-0.4, -0.2) is 26.3 Å². The van der Waals surface area contributed by atoms with Gasteiger partial charge in [-0.15, -0.1) is 0 Å². The van der Waals surface area contributed by atoms with E-state index in [0.29, 0.717) is 0 Å². The van der Waals surface area contributed by atoms with Crippen molar-refractivity contribution in [3.63, 3.8) is 0 Å². The van der Waals surface area contributed by atoms with Crippen LogP contribution in [0.1, 0.15) is 31.7 Å². The number of hydrogen-bond donors (Lipinski definition) is 2. The van der Waals surface area contributed by atoms with Crippen LogP contribution in [0.2, 0.25) is 0 Å². The van der Waals surface area contributed by atoms with Crippen molar-refractivity contribution in [2.75, 3.05) is 17.2 Å². The highest BCUT2D eigenvalue weighted by atomic mass is 15.3. The van der Waals surface area contributed by atoms with Gasteiger partial charge in [0, 0.05) is 31.8 Å². The van der Waals surface area contributed by atoms with Crippen LogP contribution < -0.4 is 10.6 Å². The molecule has 0 amide bonds. The Bertz CT molecular complexity index is 575. The minimum absolute atomic E-state index is 0.808. The molecule has 6 nitrogen and oxygen atoms in total. The minimum Gasteiger partial charge on any atom is -0.370 e. The summed E-state index contributed by atoms with van der Waals surface area (Å²) in [5.41, 5.74) is 1.96. The normalized spacial score (nSPS) is 10.6. The largest absolute Gasteiger partial charge is 0.370 e. The summed E-state index contributed by atoms with van der Waals surface area (Å²) in [6, 6.07) is 0. The smallest absolute Gasteiger partial charge is 0.139 e. The Kier molecular flexibility index (Phi) is 4.55. The van der Waals surface area contributed by atoms with Crippen LogP contribution in [0.25, 0.3) is 0 Å². The van der Waals surface area contributed by atoms with Gasteiger partial charge in [-0.3, -0.25) is 4.68 Å². The molecule has 0 aromatic carbocycles. The van der Waals surface area contributed by atoms with Crippen LogP contribution in [0.15, 0.2) is 12.4 Å². The molecule has 0 aliphatic rings. The molecular weight excluding hydrogens is 252 g/mol. The molecular formula is C14H22N6. The number of hydrogen-bond acceptors (Lipinski definition) is 5. The predicted molar refractivity (Wildman–Crippen MR) is 81.4 cm³/mol. The molecule has 108 valence electrons. The molecule has 0 aliphatic carbocycles. The van der Waals surface area contributed by atoms with Crippen LogP contribution in [0, 0.1) is 6.92 Å². The van der Waals surface area contributed by atoms with Gasteiger partial charge in [0.25, 0.3) is 0 Å². The highest BCUT2D eigenvalue weighted by Gasteiger charge is 2.10. The third-order valence-electron chi connectivity index (χ3n) is 3.02. The quantitative estimate of drug-likeness (QED) is 0.847. The second-order valence-electron chi connectivity index (χ2n) is 4.77. The van der Waals surface area contributed by atoms with Gasteiger partial charge in [0.1, 0.15) is 17.5 Å². The monoisotopic (exact) mass is 274 g/mol. The van der Waals surface area contributed by atoms with Crippen molar-refractivity contribution in [3.05, 3.63) is 23.8 Å². The van der Waals surface area contributed by atoms with Gasteiger partial charge in [0.15, 0.2) is 0 Å². The van der Waals surface area contributed by atoms with E-state index in [4.69, 9.17) is 0 Å². The third kappa shape index (κ3) is 3.26. The zero-order chi connectivity index (χ0) is 14.5. The minimum atomic E-state index is 0.808. The number of aryl methyl sites for hydroxylation is 2. The average molecular weight is 274 g/mol. The molecule has 0 saturated heterocycles. The summed E-state index contributed by atoms with van der Waals surface area (Å²) in [5, 5.41) is 10.8. The van der Waals surface area contributed by atoms with Crippen molar-refractivity contribution < 1.29 is 0 Å². The van der Waals surface area contributed by atoms with Crippen molar-refractivity contribution in [1.82, 2.24) is 19.7 Å². The highest BCUT2D eigenvalue weighted by Crippen LogP contribution is 2.23. The number of nitrogens with zero attached hydrogens (tertiary/aromatic N) is 4. The van der Waals surface area contributed by atoms with Crippen LogP contribution in [0.3, 0.4) is 0 Å². The van der Waals surface area contributed by atoms with Gasteiger partial charge in [-0.05, 0) is 13.3 Å². The molecule has 0 fully saturated rings. The summed E-state index contributed by atoms with van der Waals surface area (Å²) >= 11 is 0. The topological polar surface area (TPSA) is 67.7 Å². The van der Waals surface area contributed by atoms with Crippen molar-refractivity contribution in [2.24, 2.45) is 7.05 Å². The SMILES string of the molecule is CCCNc1nc(CC)nc(Nc2cnn(C)c2)c1C. The third-order valence-corrected chi connectivity index (χ3v) is 3.02. The molecule has 0 saturated carbocycles. The van der Waals surface area contributed by atoms with E-state index in [1.54, 1.807) is 10.9 Å². The first-order valence-corrected chi connectivity index (χ1v) is 7.01. The van der Waals surface area contributed by atoms with Crippen molar-refractivity contribution in [3.8, 4) is 0 Å². The van der Waals surface area contributed by atoms with Gasteiger partial charge in [0.05, 0.1) is 11.9 Å². The lowest BCUT2D eigenvalue weighted by molar-refractivity contribution is 0.768. The first kappa shape index (κ1) is 14.3. The van der Waals surface area contributed by atoms with Crippen LogP contribution in [-0.2, 0) is 13.5 Å². The molecule has 0 atom stereocenters. The molecule has 2 N–H and O–H groups in total. The molecule has 2 aromatic heterocycles. The second kappa shape index (κ2) is 6.36. The maximum Gasteiger partial charge on any atom is 0.139 e. The summed E-state index contributed by atoms with van der Waals surface area (Å²) < 4.78 is 1.76. The molecule has 0 unspecified atom stereocenters. The fourth-order valence-electron chi connectivity index (χ4n) is 1.88. The van der Waals surface area contributed by atoms with Gasteiger partial charge >= 0.3 is 0 Å². The van der Waals surface area contributed by atoms with Crippen LogP contribution in [0.4, 0.5) is 17.3 Å². The molecule has 2 heterocycles. The number of rotatable bonds is 6. The van der Waals surface area contributed by atoms with Gasteiger partial charge in [-0.2, -0.15) is 5.10 Å². The second-order valence-corrected chi connectivity index (χ2v) is 4.77. The van der Waals surface area contributed by atoms with E-state index in [0.717, 1.165) is 48.1 Å². The van der Waals surface area contributed by atoms with E-state index in [9.17, 15) is 0 Å². The first-order chi connectivity index (χ1) is 9.63. The molecule has 2 rings (SSSR count). The van der Waals surface area contributed by atoms with E-state index >= 15 is 0 Å². The Labute approximate surface area is 119 Å². The van der Waals surface area contributed by atoms with E-state index in [2.05, 4.69) is 39.5 Å². The van der Waals surface area contributed by atoms with Gasteiger partial charge < -0.3 is 10.6 Å². The molecule has 0 bridgehead atoms. The molecule has 0 aliphatic heterocycles. The van der Waals surface area contributed by atoms with Gasteiger partial charge in [-0.25, -0.2) is 9.97 Å². The maximum atomic E-state index is 4.56. The van der Waals surface area contributed by atoms with E-state index in [1.807, 2.05) is 20.2 Å². The Hall–Kier alpha value is -2.11. The fraction of sp³-hybridized carbons (Fsp3) is 0.500. The molecule has 0 radical (unpaired) electrons. The summed E-state index contributed by atoms with van der Waals surface area (Å²) in [6.07, 6.45) is 5.58. The van der Waals surface area contributed by atoms with Crippen LogP contribution in [0.5, 0.6) is 0 Å². The molecule has 0 spiro atoms. The van der Waals surface area contributed by atoms with Gasteiger partial charge in [0.2, 0.25) is 0 Å². The highest BCUT2D eigenvalue weighted by molar-refractivity contribution is 5.63. The zero-order valence-electron chi connectivity index (χ0n) is 12.6. The Morgan fingerprint density at radius 2 is 1.95 bits per heavy atom. The standard InChI is InChI=1S/C14H22N6/c1-5-7-15-13-10(3)14(19-12(6-2)18-13)17-11-8-16-20(4)9-11/h8-9H,5-7H2,1-4H3,(H2,15,17,18,19). The Morgan fingerprint density at radius 1 is 1.20 bits per heavy atom. The van der Waals surface area contributed by atoms with Crippen molar-refractivity contribution in [1.29, 1.82) is 0 Å². The van der Waals surface area contributed by atoms with Crippen molar-refractivity contribution >= 4 is 17.3 Å². The summed E-state index contributed by atoms with van der Waals surface area (Å²) in [7, 11) is 1.89. The molecule has 2 aromatic rings. The summed E-state index contributed by atoms with van der Waals surface area (Å²) in [4.78, 5) is 9.12. The van der Waals surface area contributed by atoms with Crippen molar-refractivity contribution in [2.45, 2.75) is 33.6 Å². The Balaban J connectivity index is 2.30. The number of aromatic nitrogens is 4. The lowest BCUT2D eigenvalue weighted by Gasteiger charge is -2.13. The van der Waals surface area contributed by atoms with E-state index in [1.165, 1.54) is 0 Å². The molecule has 20 heavy (non-hydrogen) atoms.